The molecular weight excluding hydrogens is 531 g/mol. The summed E-state index contributed by atoms with van der Waals surface area (Å²) in [5.41, 5.74) is 4.71. The Morgan fingerprint density at radius 3 is 2.76 bits per heavy atom. The summed E-state index contributed by atoms with van der Waals surface area (Å²) >= 11 is 0. The summed E-state index contributed by atoms with van der Waals surface area (Å²) < 4.78 is 20.3. The van der Waals surface area contributed by atoms with Gasteiger partial charge >= 0.3 is 6.02 Å². The van der Waals surface area contributed by atoms with Gasteiger partial charge in [0, 0.05) is 37.8 Å². The molecule has 9 rings (SSSR count). The van der Waals surface area contributed by atoms with Crippen LogP contribution in [0.1, 0.15) is 62.0 Å². The summed E-state index contributed by atoms with van der Waals surface area (Å²) in [5.74, 6) is 1.50. The van der Waals surface area contributed by atoms with Crippen LogP contribution >= 0.6 is 0 Å². The number of hydrogen-bond acceptors (Lipinski definition) is 7. The molecule has 1 aromatic rings. The third-order valence-electron chi connectivity index (χ3n) is 12.1. The molecule has 42 heavy (non-hydrogen) atoms. The zero-order valence-electron chi connectivity index (χ0n) is 24.4. The number of rotatable bonds is 4. The maximum atomic E-state index is 13.7. The van der Waals surface area contributed by atoms with Crippen molar-refractivity contribution >= 4 is 23.5 Å². The van der Waals surface area contributed by atoms with Crippen molar-refractivity contribution in [2.45, 2.75) is 80.9 Å². The van der Waals surface area contributed by atoms with Gasteiger partial charge < -0.3 is 19.4 Å². The van der Waals surface area contributed by atoms with Gasteiger partial charge in [-0.3, -0.25) is 9.69 Å². The van der Waals surface area contributed by atoms with Gasteiger partial charge in [-0.25, -0.2) is 9.38 Å². The molecule has 4 unspecified atom stereocenters. The molecule has 5 saturated heterocycles. The molecule has 8 aliphatic rings. The quantitative estimate of drug-likeness (QED) is 0.515. The summed E-state index contributed by atoms with van der Waals surface area (Å²) in [6, 6.07) is 7.72. The first-order chi connectivity index (χ1) is 20.5. The van der Waals surface area contributed by atoms with Crippen molar-refractivity contribution in [1.82, 2.24) is 14.7 Å². The Bertz CT molecular complexity index is 1400. The molecule has 1 amide bonds. The smallest absolute Gasteiger partial charge is 0.313 e. The lowest BCUT2D eigenvalue weighted by Crippen LogP contribution is -2.67. The molecule has 222 valence electrons. The Balaban J connectivity index is 0.989. The molecule has 8 nitrogen and oxygen atoms in total. The first-order valence-electron chi connectivity index (χ1n) is 16.3. The summed E-state index contributed by atoms with van der Waals surface area (Å²) in [6.45, 7) is 9.38. The van der Waals surface area contributed by atoms with Gasteiger partial charge in [0.1, 0.15) is 12.4 Å². The molecule has 1 saturated carbocycles. The highest BCUT2D eigenvalue weighted by molar-refractivity contribution is 5.99. The molecule has 1 aromatic carbocycles. The van der Waals surface area contributed by atoms with Crippen LogP contribution < -0.4 is 4.90 Å². The number of likely N-dealkylation sites (tertiary alicyclic amines) is 2. The Morgan fingerprint density at radius 2 is 1.93 bits per heavy atom. The third kappa shape index (κ3) is 3.77. The first-order valence-corrected chi connectivity index (χ1v) is 16.3. The van der Waals surface area contributed by atoms with Gasteiger partial charge in [-0.15, -0.1) is 0 Å². The van der Waals surface area contributed by atoms with Crippen LogP contribution in [0.4, 0.5) is 10.1 Å². The molecule has 0 aromatic heterocycles. The summed E-state index contributed by atoms with van der Waals surface area (Å²) in [6.07, 6.45) is 9.28. The molecule has 2 aliphatic carbocycles. The fourth-order valence-electron chi connectivity index (χ4n) is 9.82. The number of aliphatic imine (C=N–C) groups is 2. The van der Waals surface area contributed by atoms with Gasteiger partial charge in [0.15, 0.2) is 5.83 Å². The number of ether oxygens (including phenoxy) is 1. The normalized spacial score (nSPS) is 35.4. The molecular formula is C33H41FN6O2. The number of hydrogen-bond donors (Lipinski definition) is 0. The van der Waals surface area contributed by atoms with E-state index in [2.05, 4.69) is 39.5 Å². The van der Waals surface area contributed by atoms with E-state index in [1.165, 1.54) is 57.3 Å². The minimum atomic E-state index is -0.864. The highest BCUT2D eigenvalue weighted by atomic mass is 19.1. The number of fused-ring (bicyclic) bond motifs is 6. The minimum absolute atomic E-state index is 0.0253. The van der Waals surface area contributed by atoms with Crippen molar-refractivity contribution in [3.05, 3.63) is 41.7 Å². The van der Waals surface area contributed by atoms with E-state index in [-0.39, 0.29) is 29.6 Å². The van der Waals surface area contributed by atoms with E-state index in [0.29, 0.717) is 25.7 Å². The molecule has 6 fully saturated rings. The van der Waals surface area contributed by atoms with Crippen LogP contribution in [-0.2, 0) is 16.0 Å². The number of benzene rings is 1. The van der Waals surface area contributed by atoms with Gasteiger partial charge in [0.25, 0.3) is 5.91 Å². The largest absolute Gasteiger partial charge is 0.462 e. The number of carbonyl (C=O) groups is 1. The van der Waals surface area contributed by atoms with Crippen molar-refractivity contribution in [1.29, 1.82) is 0 Å². The Hall–Kier alpha value is -2.94. The van der Waals surface area contributed by atoms with Crippen molar-refractivity contribution in [2.75, 3.05) is 50.8 Å². The van der Waals surface area contributed by atoms with Gasteiger partial charge in [-0.05, 0) is 93.5 Å². The minimum Gasteiger partial charge on any atom is -0.462 e. The average molecular weight is 573 g/mol. The number of anilines is 1. The molecule has 0 radical (unpaired) electrons. The average Bonchev–Trinajstić information content (AvgIpc) is 3.27. The van der Waals surface area contributed by atoms with E-state index in [1.807, 2.05) is 0 Å². The molecule has 6 atom stereocenters. The van der Waals surface area contributed by atoms with Crippen molar-refractivity contribution in [3.63, 3.8) is 0 Å². The summed E-state index contributed by atoms with van der Waals surface area (Å²) in [7, 11) is 0. The summed E-state index contributed by atoms with van der Waals surface area (Å²) in [4.78, 5) is 32.0. The first kappa shape index (κ1) is 25.5. The molecule has 6 heterocycles. The number of amidine groups is 2. The lowest BCUT2D eigenvalue weighted by atomic mass is 9.85. The van der Waals surface area contributed by atoms with E-state index in [0.717, 1.165) is 43.6 Å². The maximum Gasteiger partial charge on any atom is 0.313 e. The highest BCUT2D eigenvalue weighted by Gasteiger charge is 2.54. The maximum absolute atomic E-state index is 13.7. The van der Waals surface area contributed by atoms with Gasteiger partial charge in [-0.2, -0.15) is 4.99 Å². The van der Waals surface area contributed by atoms with Gasteiger partial charge in [-0.1, -0.05) is 18.7 Å². The van der Waals surface area contributed by atoms with E-state index in [9.17, 15) is 9.18 Å². The summed E-state index contributed by atoms with van der Waals surface area (Å²) in [5, 5.41) is 0. The van der Waals surface area contributed by atoms with Crippen LogP contribution in [-0.4, -0.2) is 102 Å². The van der Waals surface area contributed by atoms with Crippen molar-refractivity contribution < 1.29 is 13.9 Å². The predicted octanol–water partition coefficient (Wildman–Crippen LogP) is 3.72. The number of halogens is 1. The van der Waals surface area contributed by atoms with E-state index in [4.69, 9.17) is 14.7 Å². The van der Waals surface area contributed by atoms with E-state index in [1.54, 1.807) is 16.0 Å². The predicted molar refractivity (Wildman–Crippen MR) is 160 cm³/mol. The van der Waals surface area contributed by atoms with Crippen LogP contribution in [0.5, 0.6) is 0 Å². The van der Waals surface area contributed by atoms with Gasteiger partial charge in [0.05, 0.1) is 23.7 Å². The zero-order valence-corrected chi connectivity index (χ0v) is 24.4. The number of amides is 1. The lowest BCUT2D eigenvalue weighted by Gasteiger charge is -2.52. The molecule has 6 aliphatic heterocycles. The molecule has 0 spiro atoms. The lowest BCUT2D eigenvalue weighted by molar-refractivity contribution is -0.131. The number of piperidine rings is 1. The fraction of sp³-hybridized carbons (Fsp3) is 0.667. The fourth-order valence-corrected chi connectivity index (χ4v) is 9.82. The Morgan fingerprint density at radius 1 is 1.07 bits per heavy atom. The van der Waals surface area contributed by atoms with E-state index >= 15 is 0 Å². The highest BCUT2D eigenvalue weighted by Crippen LogP contribution is 2.59. The second-order valence-corrected chi connectivity index (χ2v) is 14.1. The van der Waals surface area contributed by atoms with Crippen LogP contribution in [0, 0.1) is 11.8 Å². The Labute approximate surface area is 247 Å². The number of carbonyl (C=O) groups excluding carboxylic acids is 1. The Kier molecular flexibility index (Phi) is 5.64. The third-order valence-corrected chi connectivity index (χ3v) is 12.1. The van der Waals surface area contributed by atoms with Crippen LogP contribution in [0.2, 0.25) is 0 Å². The monoisotopic (exact) mass is 572 g/mol. The van der Waals surface area contributed by atoms with Crippen LogP contribution in [0.3, 0.4) is 0 Å². The number of nitrogens with zero attached hydrogens (tertiary/aromatic N) is 6. The standard InChI is InChI=1S/C33H41FN6O2/c1-20(34)31(41)39-14-8-26-28(39)18-40(26)30-23-7-13-37(27-6-2-5-21-15-22-16-24(22)29(21)27)17-25(23)35-32(36-30)42-19-33-9-3-11-38(33)12-4-10-33/h2,5-6,22-26,28H,1,3-4,7-19H2/t22?,23?,24?,25?,26-,28-/m1/s1. The van der Waals surface area contributed by atoms with Crippen LogP contribution in [0.25, 0.3) is 0 Å². The molecule has 9 heteroatoms. The molecule has 0 bridgehead atoms. The second kappa shape index (κ2) is 9.28. The zero-order chi connectivity index (χ0) is 28.2. The second-order valence-electron chi connectivity index (χ2n) is 14.1. The van der Waals surface area contributed by atoms with Crippen molar-refractivity contribution in [3.8, 4) is 0 Å². The molecule has 0 N–H and O–H groups in total. The van der Waals surface area contributed by atoms with E-state index < -0.39 is 11.7 Å². The van der Waals surface area contributed by atoms with Crippen LogP contribution in [0.15, 0.2) is 40.6 Å². The van der Waals surface area contributed by atoms with Crippen molar-refractivity contribution in [2.24, 2.45) is 21.8 Å². The van der Waals surface area contributed by atoms with Gasteiger partial charge in [0.2, 0.25) is 0 Å². The topological polar surface area (TPSA) is 64.0 Å². The SMILES string of the molecule is C=C(F)C(=O)N1CC[C@@H]2[C@H]1CN2C1=NC(OCC23CCCN2CCC3)=NC2CN(c3cccc4c3C3CC3C4)CCC12.